The number of aromatic nitrogens is 3. The minimum absolute atomic E-state index is 0.130. The fourth-order valence-electron chi connectivity index (χ4n) is 3.97. The molecule has 5 rings (SSSR count). The van der Waals surface area contributed by atoms with Crippen molar-refractivity contribution < 1.29 is 9.53 Å². The van der Waals surface area contributed by atoms with E-state index in [-0.39, 0.29) is 11.5 Å². The van der Waals surface area contributed by atoms with Crippen molar-refractivity contribution in [3.05, 3.63) is 69.0 Å². The molecule has 1 aliphatic rings. The molecular formula is C25H24N4O3S. The van der Waals surface area contributed by atoms with Crippen molar-refractivity contribution >= 4 is 33.5 Å². The number of carbonyl (C=O) groups is 1. The standard InChI is InChI=1S/C25H24N4O3S/c1-3-5-14-28-19-9-7-6-8-18(19)20(23(28)30)21-24(31)29-25(33-21)26-22(27-29)16-10-12-17(13-11-16)32-15-4-2/h6-13H,3-5,14-15H2,1-2H3/b21-20-. The van der Waals surface area contributed by atoms with Crippen molar-refractivity contribution in [2.45, 2.75) is 33.1 Å². The number of carbonyl (C=O) groups excluding carboxylic acids is 1. The molecule has 168 valence electrons. The van der Waals surface area contributed by atoms with Gasteiger partial charge in [-0.25, -0.2) is 0 Å². The highest BCUT2D eigenvalue weighted by atomic mass is 32.1. The van der Waals surface area contributed by atoms with E-state index in [1.807, 2.05) is 48.5 Å². The molecule has 0 radical (unpaired) electrons. The van der Waals surface area contributed by atoms with Crippen molar-refractivity contribution in [1.82, 2.24) is 14.6 Å². The smallest absolute Gasteiger partial charge is 0.291 e. The minimum Gasteiger partial charge on any atom is -0.494 e. The zero-order valence-electron chi connectivity index (χ0n) is 18.6. The lowest BCUT2D eigenvalue weighted by Crippen LogP contribution is -2.33. The third-order valence-corrected chi connectivity index (χ3v) is 6.66. The first-order valence-corrected chi connectivity index (χ1v) is 12.0. The summed E-state index contributed by atoms with van der Waals surface area (Å²) in [5, 5.41) is 4.44. The summed E-state index contributed by atoms with van der Waals surface area (Å²) in [6.45, 7) is 5.45. The summed E-state index contributed by atoms with van der Waals surface area (Å²) < 4.78 is 7.31. The Morgan fingerprint density at radius 2 is 1.79 bits per heavy atom. The fourth-order valence-corrected chi connectivity index (χ4v) is 4.96. The van der Waals surface area contributed by atoms with E-state index in [2.05, 4.69) is 23.9 Å². The Balaban J connectivity index is 1.57. The first-order valence-electron chi connectivity index (χ1n) is 11.2. The van der Waals surface area contributed by atoms with Gasteiger partial charge in [0, 0.05) is 17.7 Å². The van der Waals surface area contributed by atoms with E-state index in [0.717, 1.165) is 41.8 Å². The van der Waals surface area contributed by atoms with Crippen LogP contribution in [-0.2, 0) is 4.79 Å². The highest BCUT2D eigenvalue weighted by Crippen LogP contribution is 2.35. The molecular weight excluding hydrogens is 436 g/mol. The summed E-state index contributed by atoms with van der Waals surface area (Å²) in [7, 11) is 0. The molecule has 4 aromatic rings. The van der Waals surface area contributed by atoms with Gasteiger partial charge in [0.2, 0.25) is 4.96 Å². The quantitative estimate of drug-likeness (QED) is 0.421. The Labute approximate surface area is 194 Å². The van der Waals surface area contributed by atoms with Crippen LogP contribution in [0.3, 0.4) is 0 Å². The first-order chi connectivity index (χ1) is 16.1. The summed E-state index contributed by atoms with van der Waals surface area (Å²) in [6, 6.07) is 15.2. The van der Waals surface area contributed by atoms with Crippen molar-refractivity contribution in [2.24, 2.45) is 0 Å². The van der Waals surface area contributed by atoms with Crippen molar-refractivity contribution in [2.75, 3.05) is 18.1 Å². The summed E-state index contributed by atoms with van der Waals surface area (Å²) in [5.41, 5.74) is 2.59. The molecule has 0 N–H and O–H groups in total. The molecule has 0 saturated heterocycles. The lowest BCUT2D eigenvalue weighted by atomic mass is 10.1. The molecule has 0 unspecified atom stereocenters. The Kier molecular flexibility index (Phi) is 5.68. The van der Waals surface area contributed by atoms with Gasteiger partial charge in [0.25, 0.3) is 11.5 Å². The Bertz CT molecular complexity index is 1440. The van der Waals surface area contributed by atoms with Crippen LogP contribution in [-0.4, -0.2) is 33.7 Å². The van der Waals surface area contributed by atoms with Gasteiger partial charge >= 0.3 is 0 Å². The number of ether oxygens (including phenoxy) is 1. The number of hydrogen-bond acceptors (Lipinski definition) is 6. The first kappa shape index (κ1) is 21.3. The predicted octanol–water partition coefficient (Wildman–Crippen LogP) is 3.67. The normalized spacial score (nSPS) is 14.8. The van der Waals surface area contributed by atoms with Crippen LogP contribution < -0.4 is 19.7 Å². The van der Waals surface area contributed by atoms with E-state index < -0.39 is 0 Å². The van der Waals surface area contributed by atoms with Crippen LogP contribution in [0.25, 0.3) is 21.9 Å². The molecule has 0 aliphatic carbocycles. The van der Waals surface area contributed by atoms with Gasteiger partial charge in [0.05, 0.1) is 17.9 Å². The number of nitrogens with zero attached hydrogens (tertiary/aromatic N) is 4. The molecule has 7 nitrogen and oxygen atoms in total. The molecule has 0 spiro atoms. The highest BCUT2D eigenvalue weighted by molar-refractivity contribution is 7.15. The highest BCUT2D eigenvalue weighted by Gasteiger charge is 2.33. The zero-order chi connectivity index (χ0) is 22.9. The molecule has 0 atom stereocenters. The van der Waals surface area contributed by atoms with Gasteiger partial charge in [0.1, 0.15) is 10.3 Å². The summed E-state index contributed by atoms with van der Waals surface area (Å²) >= 11 is 1.21. The number of amides is 1. The summed E-state index contributed by atoms with van der Waals surface area (Å²) in [5.74, 6) is 1.13. The second-order valence-corrected chi connectivity index (χ2v) is 8.92. The molecule has 2 aromatic heterocycles. The summed E-state index contributed by atoms with van der Waals surface area (Å²) in [4.78, 5) is 33.4. The number of rotatable bonds is 7. The van der Waals surface area contributed by atoms with Gasteiger partial charge in [-0.15, -0.1) is 5.10 Å². The third-order valence-electron chi connectivity index (χ3n) is 5.63. The van der Waals surface area contributed by atoms with E-state index in [0.29, 0.717) is 34.0 Å². The van der Waals surface area contributed by atoms with E-state index in [9.17, 15) is 9.59 Å². The van der Waals surface area contributed by atoms with Crippen LogP contribution in [0.1, 0.15) is 38.7 Å². The Morgan fingerprint density at radius 1 is 1.00 bits per heavy atom. The van der Waals surface area contributed by atoms with Crippen molar-refractivity contribution in [3.8, 4) is 17.1 Å². The fraction of sp³-hybridized carbons (Fsp3) is 0.280. The van der Waals surface area contributed by atoms with Gasteiger partial charge in [-0.1, -0.05) is 49.8 Å². The van der Waals surface area contributed by atoms with E-state index in [1.54, 1.807) is 4.90 Å². The van der Waals surface area contributed by atoms with E-state index in [4.69, 9.17) is 4.74 Å². The molecule has 33 heavy (non-hydrogen) atoms. The second-order valence-electron chi connectivity index (χ2n) is 7.94. The van der Waals surface area contributed by atoms with Crippen LogP contribution in [0.4, 0.5) is 5.69 Å². The van der Waals surface area contributed by atoms with Crippen LogP contribution in [0, 0.1) is 0 Å². The third kappa shape index (κ3) is 3.70. The maximum absolute atomic E-state index is 13.3. The predicted molar refractivity (Wildman–Crippen MR) is 130 cm³/mol. The summed E-state index contributed by atoms with van der Waals surface area (Å²) in [6.07, 6.45) is 2.83. The number of para-hydroxylation sites is 1. The monoisotopic (exact) mass is 460 g/mol. The lowest BCUT2D eigenvalue weighted by Gasteiger charge is -2.16. The second kappa shape index (κ2) is 8.78. The molecule has 0 fully saturated rings. The zero-order valence-corrected chi connectivity index (χ0v) is 19.4. The molecule has 3 heterocycles. The SMILES string of the molecule is CCCCN1C(=O)/C(=c2\sc3nc(-c4ccc(OCCC)cc4)nn3c2=O)c2ccccc21. The average Bonchev–Trinajstić information content (AvgIpc) is 3.47. The maximum atomic E-state index is 13.3. The lowest BCUT2D eigenvalue weighted by molar-refractivity contribution is -0.113. The molecule has 8 heteroatoms. The van der Waals surface area contributed by atoms with Gasteiger partial charge in [-0.05, 0) is 43.2 Å². The van der Waals surface area contributed by atoms with Crippen LogP contribution in [0.5, 0.6) is 5.75 Å². The number of fused-ring (bicyclic) bond motifs is 2. The average molecular weight is 461 g/mol. The number of unbranched alkanes of at least 4 members (excludes halogenated alkanes) is 1. The van der Waals surface area contributed by atoms with Crippen molar-refractivity contribution in [1.29, 1.82) is 0 Å². The Morgan fingerprint density at radius 3 is 2.52 bits per heavy atom. The van der Waals surface area contributed by atoms with Gasteiger partial charge < -0.3 is 9.64 Å². The molecule has 1 aliphatic heterocycles. The Hall–Kier alpha value is -3.52. The molecule has 0 bridgehead atoms. The molecule has 0 saturated carbocycles. The van der Waals surface area contributed by atoms with E-state index >= 15 is 0 Å². The number of anilines is 1. The van der Waals surface area contributed by atoms with Gasteiger partial charge in [-0.3, -0.25) is 9.59 Å². The van der Waals surface area contributed by atoms with E-state index in [1.165, 1.54) is 15.9 Å². The van der Waals surface area contributed by atoms with Crippen molar-refractivity contribution in [3.63, 3.8) is 0 Å². The van der Waals surface area contributed by atoms with Gasteiger partial charge in [0.15, 0.2) is 5.82 Å². The van der Waals surface area contributed by atoms with Crippen LogP contribution >= 0.6 is 11.3 Å². The van der Waals surface area contributed by atoms with Gasteiger partial charge in [-0.2, -0.15) is 9.50 Å². The van der Waals surface area contributed by atoms with Crippen LogP contribution in [0.15, 0.2) is 53.3 Å². The number of hydrogen-bond donors (Lipinski definition) is 0. The minimum atomic E-state index is -0.313. The number of benzene rings is 2. The topological polar surface area (TPSA) is 76.8 Å². The molecule has 1 amide bonds. The largest absolute Gasteiger partial charge is 0.494 e. The number of thiazole rings is 1. The molecule has 2 aromatic carbocycles. The van der Waals surface area contributed by atoms with Crippen LogP contribution in [0.2, 0.25) is 0 Å². The maximum Gasteiger partial charge on any atom is 0.291 e.